The van der Waals surface area contributed by atoms with Crippen molar-refractivity contribution in [2.75, 3.05) is 13.7 Å². The summed E-state index contributed by atoms with van der Waals surface area (Å²) in [5, 5.41) is 0. The van der Waals surface area contributed by atoms with Crippen molar-refractivity contribution >= 4 is 0 Å². The number of hydrogen-bond donors (Lipinski definition) is 0. The predicted molar refractivity (Wildman–Crippen MR) is 91.2 cm³/mol. The van der Waals surface area contributed by atoms with Crippen LogP contribution in [0.2, 0.25) is 0 Å². The van der Waals surface area contributed by atoms with Gasteiger partial charge in [-0.1, -0.05) is 18.6 Å². The Hall–Kier alpha value is -0.600. The fraction of sp³-hybridized carbons (Fsp3) is 0.810. The Morgan fingerprint density at radius 3 is 2.74 bits per heavy atom. The summed E-state index contributed by atoms with van der Waals surface area (Å²) >= 11 is 0. The van der Waals surface area contributed by atoms with Gasteiger partial charge >= 0.3 is 0 Å². The van der Waals surface area contributed by atoms with Crippen molar-refractivity contribution in [1.82, 2.24) is 0 Å². The molecule has 1 saturated heterocycles. The van der Waals surface area contributed by atoms with Crippen molar-refractivity contribution in [2.45, 2.75) is 76.4 Å². The van der Waals surface area contributed by atoms with E-state index in [-0.39, 0.29) is 11.2 Å². The van der Waals surface area contributed by atoms with E-state index >= 15 is 0 Å². The highest BCUT2D eigenvalue weighted by Gasteiger charge is 2.67. The lowest BCUT2D eigenvalue weighted by atomic mass is 9.57. The van der Waals surface area contributed by atoms with Crippen molar-refractivity contribution in [3.8, 4) is 0 Å². The highest BCUT2D eigenvalue weighted by molar-refractivity contribution is 5.45. The van der Waals surface area contributed by atoms with Gasteiger partial charge in [0, 0.05) is 12.5 Å². The molecule has 5 atom stereocenters. The third-order valence-electron chi connectivity index (χ3n) is 8.36. The molecule has 0 radical (unpaired) electrons. The predicted octanol–water partition coefficient (Wildman–Crippen LogP) is 4.80. The Kier molecular flexibility index (Phi) is 2.89. The van der Waals surface area contributed by atoms with E-state index in [0.717, 1.165) is 24.9 Å². The van der Waals surface area contributed by atoms with Crippen LogP contribution in [0.5, 0.6) is 0 Å². The lowest BCUT2D eigenvalue weighted by Gasteiger charge is -2.48. The van der Waals surface area contributed by atoms with Gasteiger partial charge in [-0.3, -0.25) is 0 Å². The summed E-state index contributed by atoms with van der Waals surface area (Å²) in [6.45, 7) is 5.84. The van der Waals surface area contributed by atoms with Gasteiger partial charge in [0.1, 0.15) is 0 Å². The van der Waals surface area contributed by atoms with Crippen LogP contribution in [0.1, 0.15) is 65.2 Å². The monoisotopic (exact) mass is 314 g/mol. The quantitative estimate of drug-likeness (QED) is 0.649. The topological polar surface area (TPSA) is 21.8 Å². The zero-order chi connectivity index (χ0) is 15.9. The fourth-order valence-electron chi connectivity index (χ4n) is 6.57. The molecular weight excluding hydrogens is 284 g/mol. The molecule has 2 heteroatoms. The van der Waals surface area contributed by atoms with E-state index in [2.05, 4.69) is 19.9 Å². The second-order valence-corrected chi connectivity index (χ2v) is 9.27. The van der Waals surface area contributed by atoms with Gasteiger partial charge in [-0.2, -0.15) is 0 Å². The van der Waals surface area contributed by atoms with Crippen molar-refractivity contribution in [2.24, 2.45) is 17.3 Å². The van der Waals surface area contributed by atoms with Crippen LogP contribution in [0.25, 0.3) is 0 Å². The van der Waals surface area contributed by atoms with E-state index in [1.54, 1.807) is 16.7 Å². The van der Waals surface area contributed by atoms with Gasteiger partial charge in [-0.05, 0) is 81.3 Å². The van der Waals surface area contributed by atoms with Crippen LogP contribution in [0, 0.1) is 17.3 Å². The van der Waals surface area contributed by atoms with E-state index in [9.17, 15) is 0 Å². The molecule has 4 unspecified atom stereocenters. The molecule has 5 rings (SSSR count). The van der Waals surface area contributed by atoms with E-state index in [0.29, 0.717) is 5.41 Å². The molecule has 1 aliphatic heterocycles. The minimum atomic E-state index is 0.0781. The third kappa shape index (κ3) is 1.83. The van der Waals surface area contributed by atoms with Crippen LogP contribution < -0.4 is 0 Å². The zero-order valence-corrected chi connectivity index (χ0v) is 14.9. The summed E-state index contributed by atoms with van der Waals surface area (Å²) in [4.78, 5) is 0. The first-order chi connectivity index (χ1) is 11.0. The average Bonchev–Trinajstić information content (AvgIpc) is 3.28. The summed E-state index contributed by atoms with van der Waals surface area (Å²) in [5.41, 5.74) is 5.93. The van der Waals surface area contributed by atoms with Crippen LogP contribution in [0.3, 0.4) is 0 Å². The standard InChI is InChI=1S/C21H30O2/c1-19(22-3)9-6-15-14(12-19)4-5-17-16(15)7-10-20(2)18(17)8-11-21(20)13-23-21/h7,17-18H,4-6,8-13H2,1-3H3/t17?,18?,19?,20-,21?/m0/s1. The highest BCUT2D eigenvalue weighted by Crippen LogP contribution is 2.67. The van der Waals surface area contributed by atoms with Gasteiger partial charge in [0.05, 0.1) is 17.8 Å². The first kappa shape index (κ1) is 14.7. The zero-order valence-electron chi connectivity index (χ0n) is 14.9. The Labute approximate surface area is 140 Å². The summed E-state index contributed by atoms with van der Waals surface area (Å²) in [6.07, 6.45) is 12.8. The van der Waals surface area contributed by atoms with Crippen LogP contribution in [0.15, 0.2) is 22.8 Å². The Bertz CT molecular complexity index is 611. The largest absolute Gasteiger partial charge is 0.378 e. The Balaban J connectivity index is 1.50. The number of hydrogen-bond acceptors (Lipinski definition) is 2. The molecule has 1 saturated carbocycles. The van der Waals surface area contributed by atoms with E-state index in [1.165, 1.54) is 44.9 Å². The molecule has 126 valence electrons. The lowest BCUT2D eigenvalue weighted by molar-refractivity contribution is -0.00715. The molecule has 2 fully saturated rings. The number of methoxy groups -OCH3 is 1. The second-order valence-electron chi connectivity index (χ2n) is 9.27. The first-order valence-corrected chi connectivity index (χ1v) is 9.61. The molecule has 0 aromatic rings. The van der Waals surface area contributed by atoms with Crippen molar-refractivity contribution in [1.29, 1.82) is 0 Å². The van der Waals surface area contributed by atoms with Crippen LogP contribution in [-0.4, -0.2) is 24.9 Å². The second kappa shape index (κ2) is 4.52. The van der Waals surface area contributed by atoms with E-state index < -0.39 is 0 Å². The molecule has 0 bridgehead atoms. The van der Waals surface area contributed by atoms with Crippen LogP contribution >= 0.6 is 0 Å². The van der Waals surface area contributed by atoms with E-state index in [1.807, 2.05) is 7.11 Å². The van der Waals surface area contributed by atoms with Gasteiger partial charge < -0.3 is 9.47 Å². The molecule has 1 spiro atoms. The molecule has 0 aromatic heterocycles. The van der Waals surface area contributed by atoms with Gasteiger partial charge in [0.2, 0.25) is 0 Å². The normalized spacial score (nSPS) is 51.2. The summed E-state index contributed by atoms with van der Waals surface area (Å²) < 4.78 is 11.8. The number of epoxide rings is 1. The third-order valence-corrected chi connectivity index (χ3v) is 8.36. The minimum Gasteiger partial charge on any atom is -0.378 e. The molecular formula is C21H30O2. The first-order valence-electron chi connectivity index (χ1n) is 9.61. The molecule has 23 heavy (non-hydrogen) atoms. The van der Waals surface area contributed by atoms with E-state index in [4.69, 9.17) is 9.47 Å². The van der Waals surface area contributed by atoms with Crippen LogP contribution in [0.4, 0.5) is 0 Å². The molecule has 4 aliphatic carbocycles. The molecule has 0 N–H and O–H groups in total. The molecule has 0 amide bonds. The fourth-order valence-corrected chi connectivity index (χ4v) is 6.57. The summed E-state index contributed by atoms with van der Waals surface area (Å²) in [6, 6.07) is 0. The van der Waals surface area contributed by atoms with Gasteiger partial charge in [0.25, 0.3) is 0 Å². The maximum Gasteiger partial charge on any atom is 0.0975 e. The average molecular weight is 314 g/mol. The minimum absolute atomic E-state index is 0.0781. The SMILES string of the molecule is COC1(C)CCC2=C(CCC3C2=CC[C@@]2(C)C3CCC23CO3)C1. The van der Waals surface area contributed by atoms with Gasteiger partial charge in [-0.25, -0.2) is 0 Å². The molecule has 2 nitrogen and oxygen atoms in total. The van der Waals surface area contributed by atoms with Crippen molar-refractivity contribution in [3.05, 3.63) is 22.8 Å². The smallest absolute Gasteiger partial charge is 0.0975 e. The summed E-state index contributed by atoms with van der Waals surface area (Å²) in [7, 11) is 1.89. The van der Waals surface area contributed by atoms with Crippen molar-refractivity contribution < 1.29 is 9.47 Å². The Morgan fingerprint density at radius 1 is 1.17 bits per heavy atom. The Morgan fingerprint density at radius 2 is 2.00 bits per heavy atom. The number of fused-ring (bicyclic) bond motifs is 5. The lowest BCUT2D eigenvalue weighted by Crippen LogP contribution is -2.43. The maximum atomic E-state index is 6.00. The highest BCUT2D eigenvalue weighted by atomic mass is 16.6. The van der Waals surface area contributed by atoms with Gasteiger partial charge in [0.15, 0.2) is 0 Å². The maximum absolute atomic E-state index is 6.00. The molecule has 1 heterocycles. The molecule has 0 aromatic carbocycles. The number of allylic oxidation sites excluding steroid dienone is 3. The summed E-state index contributed by atoms with van der Waals surface area (Å²) in [5.74, 6) is 1.66. The number of rotatable bonds is 1. The molecule has 5 aliphatic rings. The number of ether oxygens (including phenoxy) is 2. The van der Waals surface area contributed by atoms with Gasteiger partial charge in [-0.15, -0.1) is 0 Å². The van der Waals surface area contributed by atoms with Crippen molar-refractivity contribution in [3.63, 3.8) is 0 Å². The van der Waals surface area contributed by atoms with Crippen LogP contribution in [-0.2, 0) is 9.47 Å².